The van der Waals surface area contributed by atoms with Gasteiger partial charge < -0.3 is 0 Å². The third-order valence-corrected chi connectivity index (χ3v) is 2.06. The normalized spacial score (nSPS) is 10.7. The van der Waals surface area contributed by atoms with Crippen LogP contribution in [0.15, 0.2) is 23.1 Å². The fraction of sp³-hybridized carbons (Fsp3) is 0. The Morgan fingerprint density at radius 1 is 1.23 bits per heavy atom. The molecule has 0 unspecified atom stereocenters. The Labute approximate surface area is 95.8 Å². The van der Waals surface area contributed by atoms with E-state index in [4.69, 9.17) is 4.55 Å². The quantitative estimate of drug-likeness (QED) is 0.553. The van der Waals surface area contributed by atoms with Crippen molar-refractivity contribution in [3.8, 4) is 0 Å². The van der Waals surface area contributed by atoms with E-state index in [9.17, 15) is 17.2 Å². The van der Waals surface area contributed by atoms with Crippen molar-refractivity contribution in [2.75, 3.05) is 0 Å². The first-order valence-electron chi connectivity index (χ1n) is 2.84. The average Bonchev–Trinajstić information content (AvgIpc) is 1.83. The average molecular weight is 218 g/mol. The molecule has 0 spiro atoms. The molecule has 0 saturated heterocycles. The zero-order valence-corrected chi connectivity index (χ0v) is 6.48. The van der Waals surface area contributed by atoms with E-state index in [1.807, 2.05) is 0 Å². The third-order valence-electron chi connectivity index (χ3n) is 1.17. The molecule has 1 aromatic rings. The van der Waals surface area contributed by atoms with E-state index in [-0.39, 0.29) is 29.6 Å². The summed E-state index contributed by atoms with van der Waals surface area (Å²) < 4.78 is 53.9. The summed E-state index contributed by atoms with van der Waals surface area (Å²) in [5, 5.41) is 0. The summed E-state index contributed by atoms with van der Waals surface area (Å²) in [5.41, 5.74) is 0. The maximum absolute atomic E-state index is 12.6. The first-order valence-corrected chi connectivity index (χ1v) is 4.28. The van der Waals surface area contributed by atoms with Crippen molar-refractivity contribution in [1.82, 2.24) is 0 Å². The van der Waals surface area contributed by atoms with E-state index < -0.39 is 26.6 Å². The van der Waals surface area contributed by atoms with Crippen molar-refractivity contribution >= 4 is 39.7 Å². The Morgan fingerprint density at radius 3 is 2.15 bits per heavy atom. The summed E-state index contributed by atoms with van der Waals surface area (Å²) >= 11 is 0. The van der Waals surface area contributed by atoms with Crippen LogP contribution in [0.1, 0.15) is 0 Å². The van der Waals surface area contributed by atoms with Crippen LogP contribution in [0.4, 0.5) is 8.78 Å². The molecule has 0 bridgehead atoms. The fourth-order valence-electron chi connectivity index (χ4n) is 0.684. The maximum atomic E-state index is 12.6. The second kappa shape index (κ2) is 4.47. The van der Waals surface area contributed by atoms with Gasteiger partial charge in [0.25, 0.3) is 10.1 Å². The van der Waals surface area contributed by atoms with Gasteiger partial charge in [0, 0.05) is 6.07 Å². The van der Waals surface area contributed by atoms with Crippen LogP contribution in [0.25, 0.3) is 0 Å². The van der Waals surface area contributed by atoms with Crippen molar-refractivity contribution < 1.29 is 21.8 Å². The van der Waals surface area contributed by atoms with Crippen molar-refractivity contribution in [2.24, 2.45) is 0 Å². The molecule has 0 aliphatic carbocycles. The van der Waals surface area contributed by atoms with E-state index in [2.05, 4.69) is 0 Å². The van der Waals surface area contributed by atoms with Gasteiger partial charge >= 0.3 is 29.6 Å². The van der Waals surface area contributed by atoms with Crippen LogP contribution < -0.4 is 0 Å². The van der Waals surface area contributed by atoms with Gasteiger partial charge in [0.15, 0.2) is 0 Å². The van der Waals surface area contributed by atoms with Crippen LogP contribution >= 0.6 is 0 Å². The summed E-state index contributed by atoms with van der Waals surface area (Å²) in [6, 6.07) is 1.77. The van der Waals surface area contributed by atoms with Crippen LogP contribution in [0.5, 0.6) is 0 Å². The van der Waals surface area contributed by atoms with Gasteiger partial charge in [-0.1, -0.05) is 0 Å². The van der Waals surface area contributed by atoms with Crippen LogP contribution in [0.3, 0.4) is 0 Å². The molecule has 0 saturated carbocycles. The number of hydrogen-bond acceptors (Lipinski definition) is 2. The predicted octanol–water partition coefficient (Wildman–Crippen LogP) is 0.563. The van der Waals surface area contributed by atoms with Crippen LogP contribution in [0.2, 0.25) is 0 Å². The van der Waals surface area contributed by atoms with Gasteiger partial charge in [-0.2, -0.15) is 8.42 Å². The molecule has 1 aromatic carbocycles. The Morgan fingerprint density at radius 2 is 1.77 bits per heavy atom. The van der Waals surface area contributed by atoms with Gasteiger partial charge in [-0.3, -0.25) is 4.55 Å². The molecule has 0 fully saturated rings. The molecule has 7 heteroatoms. The summed E-state index contributed by atoms with van der Waals surface area (Å²) in [4.78, 5) is -0.927. The standard InChI is InChI=1S/C6H4F2O3S.Na.H/c7-4-1-2-6(5(8)3-4)12(9,10)11;;/h1-3H,(H,9,10,11);;. The molecule has 0 radical (unpaired) electrons. The zero-order chi connectivity index (χ0) is 9.35. The molecule has 0 aromatic heterocycles. The van der Waals surface area contributed by atoms with Gasteiger partial charge in [-0.25, -0.2) is 8.78 Å². The molecule has 13 heavy (non-hydrogen) atoms. The van der Waals surface area contributed by atoms with E-state index in [0.717, 1.165) is 6.07 Å². The van der Waals surface area contributed by atoms with E-state index in [0.29, 0.717) is 12.1 Å². The third kappa shape index (κ3) is 3.32. The number of benzene rings is 1. The SMILES string of the molecule is O=S(=O)(O)c1ccc(F)cc1F.[NaH]. The van der Waals surface area contributed by atoms with Crippen LogP contribution in [0, 0.1) is 11.6 Å². The summed E-state index contributed by atoms with van der Waals surface area (Å²) in [7, 11) is -4.59. The molecular formula is C6H5F2NaO3S. The molecule has 0 aliphatic rings. The number of halogens is 2. The number of hydrogen-bond donors (Lipinski definition) is 1. The fourth-order valence-corrected chi connectivity index (χ4v) is 1.23. The molecule has 0 heterocycles. The Bertz CT molecular complexity index is 404. The molecule has 1 N–H and O–H groups in total. The minimum atomic E-state index is -4.59. The second-order valence-electron chi connectivity index (χ2n) is 2.05. The Hall–Kier alpha value is -0.0100. The van der Waals surface area contributed by atoms with Crippen molar-refractivity contribution in [1.29, 1.82) is 0 Å². The van der Waals surface area contributed by atoms with Crippen molar-refractivity contribution in [3.05, 3.63) is 29.8 Å². The van der Waals surface area contributed by atoms with Crippen LogP contribution in [-0.4, -0.2) is 42.5 Å². The topological polar surface area (TPSA) is 54.4 Å². The van der Waals surface area contributed by atoms with Gasteiger partial charge in [-0.05, 0) is 12.1 Å². The van der Waals surface area contributed by atoms with Crippen LogP contribution in [-0.2, 0) is 10.1 Å². The van der Waals surface area contributed by atoms with Gasteiger partial charge in [0.1, 0.15) is 16.5 Å². The molecule has 0 amide bonds. The molecule has 0 aliphatic heterocycles. The van der Waals surface area contributed by atoms with E-state index in [1.165, 1.54) is 0 Å². The van der Waals surface area contributed by atoms with Crippen molar-refractivity contribution in [2.45, 2.75) is 4.90 Å². The van der Waals surface area contributed by atoms with Gasteiger partial charge in [-0.15, -0.1) is 0 Å². The Balaban J connectivity index is 0.00000144. The summed E-state index contributed by atoms with van der Waals surface area (Å²) in [6.07, 6.45) is 0. The molecular weight excluding hydrogens is 213 g/mol. The first kappa shape index (κ1) is 13.0. The van der Waals surface area contributed by atoms with Crippen molar-refractivity contribution in [3.63, 3.8) is 0 Å². The monoisotopic (exact) mass is 218 g/mol. The van der Waals surface area contributed by atoms with E-state index >= 15 is 0 Å². The van der Waals surface area contributed by atoms with Gasteiger partial charge in [0.05, 0.1) is 0 Å². The molecule has 0 atom stereocenters. The zero-order valence-electron chi connectivity index (χ0n) is 5.66. The second-order valence-corrected chi connectivity index (χ2v) is 3.44. The minimum absolute atomic E-state index is 0. The van der Waals surface area contributed by atoms with E-state index in [1.54, 1.807) is 0 Å². The summed E-state index contributed by atoms with van der Waals surface area (Å²) in [6.45, 7) is 0. The molecule has 3 nitrogen and oxygen atoms in total. The van der Waals surface area contributed by atoms with Gasteiger partial charge in [0.2, 0.25) is 0 Å². The predicted molar refractivity (Wildman–Crippen MR) is 43.3 cm³/mol. The molecule has 68 valence electrons. The molecule has 1 rings (SSSR count). The number of rotatable bonds is 1. The summed E-state index contributed by atoms with van der Waals surface area (Å²) in [5.74, 6) is -2.21. The first-order chi connectivity index (χ1) is 5.41. The Kier molecular flexibility index (Phi) is 4.47.